The fourth-order valence-electron chi connectivity index (χ4n) is 4.98. The molecule has 0 atom stereocenters. The van der Waals surface area contributed by atoms with E-state index in [1.807, 2.05) is 11.0 Å². The highest BCUT2D eigenvalue weighted by Gasteiger charge is 2.48. The fraction of sp³-hybridized carbons (Fsp3) is 0.400. The fourth-order valence-corrected chi connectivity index (χ4v) is 5.14. The van der Waals surface area contributed by atoms with Crippen LogP contribution in [0, 0.1) is 18.2 Å². The van der Waals surface area contributed by atoms with E-state index >= 15 is 0 Å². The van der Waals surface area contributed by atoms with Crippen molar-refractivity contribution < 1.29 is 13.9 Å². The summed E-state index contributed by atoms with van der Waals surface area (Å²) in [7, 11) is 3.68. The van der Waals surface area contributed by atoms with Crippen molar-refractivity contribution in [1.82, 2.24) is 14.9 Å². The number of likely N-dealkylation sites (tertiary alicyclic amines) is 1. The van der Waals surface area contributed by atoms with Crippen LogP contribution in [0.3, 0.4) is 0 Å². The zero-order chi connectivity index (χ0) is 24.0. The van der Waals surface area contributed by atoms with Crippen molar-refractivity contribution in [2.24, 2.45) is 5.41 Å². The molecule has 5 rings (SSSR count). The molecule has 9 heteroatoms. The number of fused-ring (bicyclic) bond motifs is 1. The van der Waals surface area contributed by atoms with Crippen LogP contribution in [0.2, 0.25) is 5.02 Å². The number of aromatic nitrogens is 2. The van der Waals surface area contributed by atoms with E-state index < -0.39 is 5.82 Å². The number of nitrogens with zero attached hydrogens (tertiary/aromatic N) is 4. The molecule has 0 radical (unpaired) electrons. The molecule has 1 N–H and O–H groups in total. The third kappa shape index (κ3) is 3.75. The van der Waals surface area contributed by atoms with Crippen molar-refractivity contribution in [1.29, 1.82) is 0 Å². The molecule has 7 nitrogen and oxygen atoms in total. The molecule has 2 aromatic carbocycles. The van der Waals surface area contributed by atoms with Gasteiger partial charge in [-0.15, -0.1) is 0 Å². The van der Waals surface area contributed by atoms with E-state index in [9.17, 15) is 9.18 Å². The van der Waals surface area contributed by atoms with Gasteiger partial charge in [0.05, 0.1) is 34.4 Å². The van der Waals surface area contributed by atoms with Crippen LogP contribution in [0.5, 0.6) is 5.75 Å². The average Bonchev–Trinajstić information content (AvgIpc) is 3.16. The lowest BCUT2D eigenvalue weighted by atomic mass is 9.77. The van der Waals surface area contributed by atoms with Crippen molar-refractivity contribution in [3.05, 3.63) is 47.0 Å². The SMILES string of the molecule is COc1cc2ncnc(Nc3ccc(C)c(Cl)c3F)c2cc1N1CCC2(CCN(C)CC2)C1=O. The van der Waals surface area contributed by atoms with Gasteiger partial charge in [-0.05, 0) is 64.0 Å². The van der Waals surface area contributed by atoms with Gasteiger partial charge < -0.3 is 19.9 Å². The molecular formula is C25H27ClFN5O2. The number of carbonyl (C=O) groups is 1. The molecule has 3 aromatic rings. The Kier molecular flexibility index (Phi) is 5.81. The quantitative estimate of drug-likeness (QED) is 0.567. The number of methoxy groups -OCH3 is 1. The molecule has 0 bridgehead atoms. The Morgan fingerprint density at radius 2 is 1.88 bits per heavy atom. The number of rotatable bonds is 4. The highest BCUT2D eigenvalue weighted by Crippen LogP contribution is 2.46. The average molecular weight is 484 g/mol. The second-order valence-corrected chi connectivity index (χ2v) is 9.61. The Hall–Kier alpha value is -2.97. The molecule has 0 saturated carbocycles. The number of anilines is 3. The lowest BCUT2D eigenvalue weighted by Crippen LogP contribution is -2.43. The highest BCUT2D eigenvalue weighted by atomic mass is 35.5. The maximum Gasteiger partial charge on any atom is 0.233 e. The molecule has 2 fully saturated rings. The van der Waals surface area contributed by atoms with Crippen molar-refractivity contribution in [3.63, 3.8) is 0 Å². The third-order valence-corrected chi connectivity index (χ3v) is 7.68. The van der Waals surface area contributed by atoms with Gasteiger partial charge in [0.15, 0.2) is 5.82 Å². The van der Waals surface area contributed by atoms with E-state index in [1.165, 1.54) is 6.33 Å². The first-order chi connectivity index (χ1) is 16.3. The molecule has 1 aromatic heterocycles. The number of halogens is 2. The topological polar surface area (TPSA) is 70.6 Å². The van der Waals surface area contributed by atoms with E-state index in [0.717, 1.165) is 32.4 Å². The number of ether oxygens (including phenoxy) is 1. The molecule has 34 heavy (non-hydrogen) atoms. The number of hydrogen-bond donors (Lipinski definition) is 1. The second kappa shape index (κ2) is 8.67. The molecule has 178 valence electrons. The van der Waals surface area contributed by atoms with E-state index in [4.69, 9.17) is 16.3 Å². The minimum atomic E-state index is -0.541. The molecule has 3 heterocycles. The molecule has 2 aliphatic rings. The molecule has 1 amide bonds. The summed E-state index contributed by atoms with van der Waals surface area (Å²) >= 11 is 6.10. The normalized spacial score (nSPS) is 18.1. The summed E-state index contributed by atoms with van der Waals surface area (Å²) < 4.78 is 20.4. The zero-order valence-electron chi connectivity index (χ0n) is 19.5. The number of piperidine rings is 1. The van der Waals surface area contributed by atoms with Gasteiger partial charge in [-0.2, -0.15) is 0 Å². The monoisotopic (exact) mass is 483 g/mol. The lowest BCUT2D eigenvalue weighted by molar-refractivity contribution is -0.127. The Balaban J connectivity index is 1.55. The standard InChI is InChI=1S/C25H27ClFN5O2/c1-15-4-5-17(22(27)21(15)26)30-23-16-12-19(20(34-3)13-18(16)28-14-29-23)32-11-8-25(24(32)33)6-9-31(2)10-7-25/h4-5,12-14H,6-11H2,1-3H3,(H,28,29,30). The predicted octanol–water partition coefficient (Wildman–Crippen LogP) is 4.93. The molecule has 0 aliphatic carbocycles. The number of nitrogens with one attached hydrogen (secondary N) is 1. The van der Waals surface area contributed by atoms with Crippen molar-refractivity contribution >= 4 is 45.6 Å². The highest BCUT2D eigenvalue weighted by molar-refractivity contribution is 6.31. The van der Waals surface area contributed by atoms with Crippen LogP contribution in [0.25, 0.3) is 10.9 Å². The summed E-state index contributed by atoms with van der Waals surface area (Å²) in [6.07, 6.45) is 3.95. The molecular weight excluding hydrogens is 457 g/mol. The summed E-state index contributed by atoms with van der Waals surface area (Å²) in [4.78, 5) is 26.4. The van der Waals surface area contributed by atoms with Gasteiger partial charge in [-0.1, -0.05) is 17.7 Å². The van der Waals surface area contributed by atoms with E-state index in [2.05, 4.69) is 27.2 Å². The molecule has 0 unspecified atom stereocenters. The van der Waals surface area contributed by atoms with Gasteiger partial charge >= 0.3 is 0 Å². The van der Waals surface area contributed by atoms with E-state index in [0.29, 0.717) is 40.3 Å². The number of hydrogen-bond acceptors (Lipinski definition) is 6. The summed E-state index contributed by atoms with van der Waals surface area (Å²) in [5, 5.41) is 3.78. The number of carbonyl (C=O) groups excluding carboxylic acids is 1. The minimum Gasteiger partial charge on any atom is -0.494 e. The van der Waals surface area contributed by atoms with Gasteiger partial charge in [0, 0.05) is 18.0 Å². The van der Waals surface area contributed by atoms with Crippen LogP contribution in [0.4, 0.5) is 21.6 Å². The van der Waals surface area contributed by atoms with Gasteiger partial charge in [0.2, 0.25) is 5.91 Å². The predicted molar refractivity (Wildman–Crippen MR) is 132 cm³/mol. The van der Waals surface area contributed by atoms with E-state index in [1.54, 1.807) is 32.2 Å². The van der Waals surface area contributed by atoms with Crippen LogP contribution in [-0.4, -0.2) is 54.6 Å². The Morgan fingerprint density at radius 1 is 1.15 bits per heavy atom. The molecule has 1 spiro atoms. The van der Waals surface area contributed by atoms with Crippen LogP contribution >= 0.6 is 11.6 Å². The van der Waals surface area contributed by atoms with Gasteiger partial charge in [-0.3, -0.25) is 4.79 Å². The third-order valence-electron chi connectivity index (χ3n) is 7.21. The van der Waals surface area contributed by atoms with Crippen molar-refractivity contribution in [2.75, 3.05) is 44.0 Å². The van der Waals surface area contributed by atoms with Crippen LogP contribution in [-0.2, 0) is 4.79 Å². The van der Waals surface area contributed by atoms with Crippen molar-refractivity contribution in [2.45, 2.75) is 26.2 Å². The van der Waals surface area contributed by atoms with Gasteiger partial charge in [0.25, 0.3) is 0 Å². The Morgan fingerprint density at radius 3 is 2.62 bits per heavy atom. The first-order valence-electron chi connectivity index (χ1n) is 11.4. The maximum atomic E-state index is 14.8. The molecule has 2 aliphatic heterocycles. The minimum absolute atomic E-state index is 0.0665. The summed E-state index contributed by atoms with van der Waals surface area (Å²) in [6, 6.07) is 7.03. The summed E-state index contributed by atoms with van der Waals surface area (Å²) in [5.74, 6) is 0.593. The first kappa shape index (κ1) is 22.8. The first-order valence-corrected chi connectivity index (χ1v) is 11.8. The summed E-state index contributed by atoms with van der Waals surface area (Å²) in [6.45, 7) is 4.21. The maximum absolute atomic E-state index is 14.8. The number of amides is 1. The second-order valence-electron chi connectivity index (χ2n) is 9.24. The van der Waals surface area contributed by atoms with Gasteiger partial charge in [-0.25, -0.2) is 14.4 Å². The van der Waals surface area contributed by atoms with E-state index in [-0.39, 0.29) is 22.0 Å². The zero-order valence-corrected chi connectivity index (χ0v) is 20.2. The van der Waals surface area contributed by atoms with Crippen molar-refractivity contribution in [3.8, 4) is 5.75 Å². The summed E-state index contributed by atoms with van der Waals surface area (Å²) in [5.41, 5.74) is 1.85. The number of aryl methyl sites for hydroxylation is 1. The van der Waals surface area contributed by atoms with Gasteiger partial charge in [0.1, 0.15) is 17.9 Å². The van der Waals surface area contributed by atoms with Crippen LogP contribution in [0.15, 0.2) is 30.6 Å². The van der Waals surface area contributed by atoms with Crippen LogP contribution < -0.4 is 15.0 Å². The van der Waals surface area contributed by atoms with Crippen LogP contribution in [0.1, 0.15) is 24.8 Å². The lowest BCUT2D eigenvalue weighted by Gasteiger charge is -2.36. The Bertz CT molecular complexity index is 1280. The molecule has 2 saturated heterocycles. The number of benzene rings is 2. The Labute approximate surface area is 202 Å². The largest absolute Gasteiger partial charge is 0.494 e. The smallest absolute Gasteiger partial charge is 0.233 e.